The molecule has 0 aliphatic carbocycles. The third-order valence-electron chi connectivity index (χ3n) is 2.97. The average molecular weight is 304 g/mol. The van der Waals surface area contributed by atoms with Gasteiger partial charge in [-0.15, -0.1) is 0 Å². The highest BCUT2D eigenvalue weighted by Crippen LogP contribution is 2.12. The van der Waals surface area contributed by atoms with Crippen molar-refractivity contribution in [1.82, 2.24) is 9.55 Å². The zero-order chi connectivity index (χ0) is 16.1. The van der Waals surface area contributed by atoms with Gasteiger partial charge in [0.2, 0.25) is 5.75 Å². The number of carbonyl (C=O) groups is 1. The van der Waals surface area contributed by atoms with Crippen LogP contribution in [0, 0.1) is 0 Å². The van der Waals surface area contributed by atoms with Gasteiger partial charge < -0.3 is 9.47 Å². The molecule has 0 saturated carbocycles. The molecule has 0 radical (unpaired) electrons. The first-order valence-electron chi connectivity index (χ1n) is 6.71. The van der Waals surface area contributed by atoms with Crippen LogP contribution >= 0.6 is 0 Å². The van der Waals surface area contributed by atoms with Gasteiger partial charge in [0, 0.05) is 7.05 Å². The minimum atomic E-state index is -0.805. The van der Waals surface area contributed by atoms with Crippen molar-refractivity contribution in [1.29, 1.82) is 0 Å². The molecule has 0 unspecified atom stereocenters. The minimum absolute atomic E-state index is 0.0918. The van der Waals surface area contributed by atoms with Gasteiger partial charge in [0.25, 0.3) is 5.56 Å². The van der Waals surface area contributed by atoms with Gasteiger partial charge in [0.1, 0.15) is 6.61 Å². The van der Waals surface area contributed by atoms with Crippen LogP contribution < -0.4 is 16.0 Å². The lowest BCUT2D eigenvalue weighted by molar-refractivity contribution is 0.0512. The first-order valence-corrected chi connectivity index (χ1v) is 6.71. The van der Waals surface area contributed by atoms with Crippen LogP contribution in [0.4, 0.5) is 0 Å². The van der Waals surface area contributed by atoms with Gasteiger partial charge in [-0.2, -0.15) is 0 Å². The summed E-state index contributed by atoms with van der Waals surface area (Å²) in [5.74, 6) is -1.04. The first-order chi connectivity index (χ1) is 10.5. The second kappa shape index (κ2) is 6.75. The molecule has 22 heavy (non-hydrogen) atoms. The van der Waals surface area contributed by atoms with E-state index in [0.717, 1.165) is 10.1 Å². The Morgan fingerprint density at radius 2 is 1.91 bits per heavy atom. The number of benzene rings is 1. The molecule has 0 aliphatic rings. The fourth-order valence-electron chi connectivity index (χ4n) is 1.81. The Kier molecular flexibility index (Phi) is 4.77. The highest BCUT2D eigenvalue weighted by atomic mass is 16.5. The Labute approximate surface area is 126 Å². The van der Waals surface area contributed by atoms with E-state index in [9.17, 15) is 14.4 Å². The molecule has 0 spiro atoms. The van der Waals surface area contributed by atoms with E-state index in [2.05, 4.69) is 4.98 Å². The number of carbonyl (C=O) groups excluding carboxylic acids is 1. The number of nitrogens with one attached hydrogen (secondary N) is 1. The van der Waals surface area contributed by atoms with Crippen molar-refractivity contribution in [2.75, 3.05) is 6.61 Å². The van der Waals surface area contributed by atoms with E-state index < -0.39 is 17.2 Å². The van der Waals surface area contributed by atoms with Crippen molar-refractivity contribution in [3.05, 3.63) is 62.4 Å². The van der Waals surface area contributed by atoms with Gasteiger partial charge in [-0.05, 0) is 12.5 Å². The largest absolute Gasteiger partial charge is 0.481 e. The fourth-order valence-corrected chi connectivity index (χ4v) is 1.81. The fraction of sp³-hybridized carbons (Fsp3) is 0.267. The van der Waals surface area contributed by atoms with E-state index in [4.69, 9.17) is 9.47 Å². The summed E-state index contributed by atoms with van der Waals surface area (Å²) in [5, 5.41) is 0. The molecule has 0 saturated heterocycles. The van der Waals surface area contributed by atoms with Crippen LogP contribution in [0.3, 0.4) is 0 Å². The molecule has 1 N–H and O–H groups in total. The van der Waals surface area contributed by atoms with E-state index >= 15 is 0 Å². The predicted octanol–water partition coefficient (Wildman–Crippen LogP) is 0.829. The summed E-state index contributed by atoms with van der Waals surface area (Å²) < 4.78 is 11.1. The Balaban J connectivity index is 2.39. The number of hydrogen-bond donors (Lipinski definition) is 1. The molecule has 7 heteroatoms. The summed E-state index contributed by atoms with van der Waals surface area (Å²) in [6, 6.07) is 9.15. The van der Waals surface area contributed by atoms with Crippen LogP contribution in [0.15, 0.2) is 39.9 Å². The number of nitrogens with zero attached hydrogens (tertiary/aromatic N) is 1. The molecule has 0 atom stereocenters. The van der Waals surface area contributed by atoms with Crippen molar-refractivity contribution in [2.45, 2.75) is 13.5 Å². The third-order valence-corrected chi connectivity index (χ3v) is 2.97. The van der Waals surface area contributed by atoms with Crippen LogP contribution in [0.2, 0.25) is 0 Å². The molecular formula is C15H16N2O5. The summed E-state index contributed by atoms with van der Waals surface area (Å²) >= 11 is 0. The van der Waals surface area contributed by atoms with Gasteiger partial charge in [0.15, 0.2) is 5.69 Å². The lowest BCUT2D eigenvalue weighted by Gasteiger charge is -2.11. The highest BCUT2D eigenvalue weighted by Gasteiger charge is 2.21. The third kappa shape index (κ3) is 3.25. The van der Waals surface area contributed by atoms with Crippen LogP contribution in [0.25, 0.3) is 0 Å². The molecule has 1 aromatic heterocycles. The van der Waals surface area contributed by atoms with E-state index in [-0.39, 0.29) is 24.7 Å². The molecule has 0 amide bonds. The molecular weight excluding hydrogens is 288 g/mol. The molecule has 2 aromatic rings. The average Bonchev–Trinajstić information content (AvgIpc) is 2.52. The van der Waals surface area contributed by atoms with Crippen LogP contribution in [-0.2, 0) is 18.4 Å². The molecule has 1 aromatic carbocycles. The summed E-state index contributed by atoms with van der Waals surface area (Å²) in [4.78, 5) is 38.0. The van der Waals surface area contributed by atoms with Crippen molar-refractivity contribution in [3.8, 4) is 5.75 Å². The first kappa shape index (κ1) is 15.6. The molecule has 1 heterocycles. The van der Waals surface area contributed by atoms with Crippen molar-refractivity contribution < 1.29 is 14.3 Å². The summed E-state index contributed by atoms with van der Waals surface area (Å²) in [6.45, 7) is 1.84. The Bertz CT molecular complexity index is 777. The molecule has 7 nitrogen and oxygen atoms in total. The Morgan fingerprint density at radius 1 is 1.23 bits per heavy atom. The second-order valence-corrected chi connectivity index (χ2v) is 4.49. The number of aromatic nitrogens is 2. The predicted molar refractivity (Wildman–Crippen MR) is 79.0 cm³/mol. The van der Waals surface area contributed by atoms with Crippen LogP contribution in [0.5, 0.6) is 5.75 Å². The zero-order valence-corrected chi connectivity index (χ0v) is 12.3. The van der Waals surface area contributed by atoms with Crippen molar-refractivity contribution in [2.24, 2.45) is 7.05 Å². The summed E-state index contributed by atoms with van der Waals surface area (Å²) in [7, 11) is 1.30. The van der Waals surface area contributed by atoms with Crippen molar-refractivity contribution in [3.63, 3.8) is 0 Å². The van der Waals surface area contributed by atoms with E-state index in [1.165, 1.54) is 7.05 Å². The molecule has 2 rings (SSSR count). The van der Waals surface area contributed by atoms with E-state index in [1.54, 1.807) is 6.92 Å². The maximum absolute atomic E-state index is 12.2. The van der Waals surface area contributed by atoms with Gasteiger partial charge in [-0.1, -0.05) is 30.3 Å². The van der Waals surface area contributed by atoms with E-state index in [0.29, 0.717) is 0 Å². The Hall–Kier alpha value is -2.83. The maximum Gasteiger partial charge on any atom is 0.359 e. The molecule has 116 valence electrons. The number of H-pyrrole nitrogens is 1. The van der Waals surface area contributed by atoms with Crippen LogP contribution in [0.1, 0.15) is 23.0 Å². The maximum atomic E-state index is 12.2. The number of esters is 1. The quantitative estimate of drug-likeness (QED) is 0.826. The molecule has 0 aliphatic heterocycles. The number of aromatic amines is 1. The number of hydrogen-bond acceptors (Lipinski definition) is 5. The molecule has 0 fully saturated rings. The zero-order valence-electron chi connectivity index (χ0n) is 12.3. The van der Waals surface area contributed by atoms with Crippen molar-refractivity contribution >= 4 is 5.97 Å². The van der Waals surface area contributed by atoms with E-state index in [1.807, 2.05) is 30.3 Å². The van der Waals surface area contributed by atoms with Crippen LogP contribution in [-0.4, -0.2) is 22.1 Å². The van der Waals surface area contributed by atoms with Gasteiger partial charge in [-0.3, -0.25) is 14.3 Å². The smallest absolute Gasteiger partial charge is 0.359 e. The van der Waals surface area contributed by atoms with Gasteiger partial charge in [0.05, 0.1) is 6.61 Å². The lowest BCUT2D eigenvalue weighted by Crippen LogP contribution is -2.36. The lowest BCUT2D eigenvalue weighted by atomic mass is 10.2. The normalized spacial score (nSPS) is 10.3. The number of rotatable bonds is 5. The SMILES string of the molecule is CCOC(=O)c1[nH]c(=O)n(C)c(=O)c1OCc1ccccc1. The topological polar surface area (TPSA) is 90.4 Å². The Morgan fingerprint density at radius 3 is 2.55 bits per heavy atom. The highest BCUT2D eigenvalue weighted by molar-refractivity contribution is 5.90. The minimum Gasteiger partial charge on any atom is -0.481 e. The van der Waals surface area contributed by atoms with Gasteiger partial charge >= 0.3 is 11.7 Å². The summed E-state index contributed by atoms with van der Waals surface area (Å²) in [6.07, 6.45) is 0. The monoisotopic (exact) mass is 304 g/mol. The second-order valence-electron chi connectivity index (χ2n) is 4.49. The van der Waals surface area contributed by atoms with Gasteiger partial charge in [-0.25, -0.2) is 9.59 Å². The number of ether oxygens (including phenoxy) is 2. The molecule has 0 bridgehead atoms. The standard InChI is InChI=1S/C15H16N2O5/c1-3-21-14(19)11-12(13(18)17(2)15(20)16-11)22-9-10-7-5-4-6-8-10/h4-8H,3,9H2,1-2H3,(H,16,20). The summed E-state index contributed by atoms with van der Waals surface area (Å²) in [5.41, 5.74) is -0.848.